The van der Waals surface area contributed by atoms with Gasteiger partial charge in [-0.25, -0.2) is 4.79 Å². The van der Waals surface area contributed by atoms with Gasteiger partial charge in [-0.2, -0.15) is 4.98 Å². The number of aliphatic carboxylic acids is 1. The molecule has 1 aliphatic rings. The number of carbonyl (C=O) groups is 1. The Labute approximate surface area is 171 Å². The summed E-state index contributed by atoms with van der Waals surface area (Å²) in [6.07, 6.45) is 8.56. The van der Waals surface area contributed by atoms with Gasteiger partial charge in [-0.05, 0) is 59.1 Å². The van der Waals surface area contributed by atoms with Gasteiger partial charge in [-0.1, -0.05) is 35.9 Å². The van der Waals surface area contributed by atoms with Crippen molar-refractivity contribution in [2.24, 2.45) is 0 Å². The first-order valence-corrected chi connectivity index (χ1v) is 10.2. The number of hydrogen-bond acceptors (Lipinski definition) is 5. The van der Waals surface area contributed by atoms with Crippen LogP contribution in [0, 0.1) is 0 Å². The highest BCUT2D eigenvalue weighted by Gasteiger charge is 2.31. The van der Waals surface area contributed by atoms with E-state index in [1.165, 1.54) is 5.57 Å². The van der Waals surface area contributed by atoms with Crippen LogP contribution in [0.4, 0.5) is 6.01 Å². The largest absolute Gasteiger partial charge is 0.479 e. The van der Waals surface area contributed by atoms with Gasteiger partial charge in [0.25, 0.3) is 6.01 Å². The summed E-state index contributed by atoms with van der Waals surface area (Å²) in [5, 5.41) is 9.20. The number of nitrogens with zero attached hydrogens (tertiary/aromatic N) is 2. The first-order chi connectivity index (χ1) is 13.8. The minimum Gasteiger partial charge on any atom is -0.479 e. The van der Waals surface area contributed by atoms with E-state index in [-0.39, 0.29) is 12.1 Å². The van der Waals surface area contributed by atoms with Crippen LogP contribution in [0.2, 0.25) is 0 Å². The minimum absolute atomic E-state index is 0.197. The Morgan fingerprint density at radius 1 is 1.38 bits per heavy atom. The van der Waals surface area contributed by atoms with Crippen molar-refractivity contribution in [2.45, 2.75) is 64.7 Å². The zero-order valence-electron chi connectivity index (χ0n) is 17.6. The molecule has 0 amide bonds. The molecule has 29 heavy (non-hydrogen) atoms. The number of para-hydroxylation sites is 2. The molecule has 1 aromatic carbocycles. The highest BCUT2D eigenvalue weighted by molar-refractivity contribution is 5.76. The maximum Gasteiger partial charge on any atom is 0.335 e. The molecule has 1 aromatic heterocycles. The standard InChI is InChI=1S/C23H30N2O4/c1-16(2)25(22-24-19-9-5-6-10-20(19)28-22)15-7-8-17-11-13-18(14-12-17)29-23(3,4)21(26)27/h5-6,9-13,16,18H,7-8,14-15H2,1-4H3,(H,26,27). The van der Waals surface area contributed by atoms with Crippen LogP contribution in [0.15, 0.2) is 52.5 Å². The Bertz CT molecular complexity index is 877. The molecule has 156 valence electrons. The molecule has 3 rings (SSSR count). The van der Waals surface area contributed by atoms with Crippen molar-refractivity contribution in [1.82, 2.24) is 4.98 Å². The number of carboxylic acids is 1. The second-order valence-electron chi connectivity index (χ2n) is 8.20. The summed E-state index contributed by atoms with van der Waals surface area (Å²) in [5.74, 6) is -0.950. The van der Waals surface area contributed by atoms with Gasteiger partial charge in [0.2, 0.25) is 0 Å². The zero-order valence-corrected chi connectivity index (χ0v) is 17.6. The fraction of sp³-hybridized carbons (Fsp3) is 0.478. The average molecular weight is 399 g/mol. The van der Waals surface area contributed by atoms with Gasteiger partial charge in [0, 0.05) is 12.6 Å². The van der Waals surface area contributed by atoms with E-state index in [1.54, 1.807) is 13.8 Å². The van der Waals surface area contributed by atoms with E-state index in [0.717, 1.165) is 30.5 Å². The Hall–Kier alpha value is -2.60. The number of aromatic nitrogens is 1. The molecule has 0 bridgehead atoms. The van der Waals surface area contributed by atoms with Crippen molar-refractivity contribution < 1.29 is 19.1 Å². The van der Waals surface area contributed by atoms with Gasteiger partial charge in [0.05, 0.1) is 6.10 Å². The van der Waals surface area contributed by atoms with Crippen molar-refractivity contribution in [1.29, 1.82) is 0 Å². The van der Waals surface area contributed by atoms with E-state index in [9.17, 15) is 9.90 Å². The third kappa shape index (κ3) is 5.26. The Kier molecular flexibility index (Phi) is 6.42. The fourth-order valence-electron chi connectivity index (χ4n) is 3.36. The monoisotopic (exact) mass is 398 g/mol. The number of allylic oxidation sites excluding steroid dienone is 2. The maximum absolute atomic E-state index is 11.2. The lowest BCUT2D eigenvalue weighted by Gasteiger charge is -2.27. The third-order valence-corrected chi connectivity index (χ3v) is 5.11. The lowest BCUT2D eigenvalue weighted by Crippen LogP contribution is -2.38. The fourth-order valence-corrected chi connectivity index (χ4v) is 3.36. The van der Waals surface area contributed by atoms with Crippen molar-refractivity contribution >= 4 is 23.1 Å². The number of rotatable bonds is 9. The van der Waals surface area contributed by atoms with Crippen molar-refractivity contribution in [3.8, 4) is 0 Å². The summed E-state index contributed by atoms with van der Waals surface area (Å²) in [6, 6.07) is 8.76. The molecule has 0 radical (unpaired) electrons. The van der Waals surface area contributed by atoms with Crippen molar-refractivity contribution in [2.75, 3.05) is 11.4 Å². The van der Waals surface area contributed by atoms with E-state index in [0.29, 0.717) is 12.4 Å². The molecule has 1 heterocycles. The smallest absolute Gasteiger partial charge is 0.335 e. The Balaban J connectivity index is 1.53. The second-order valence-corrected chi connectivity index (χ2v) is 8.20. The normalized spacial score (nSPS) is 17.0. The quantitative estimate of drug-likeness (QED) is 0.644. The van der Waals surface area contributed by atoms with Gasteiger partial charge in [0.15, 0.2) is 11.2 Å². The minimum atomic E-state index is -1.18. The molecule has 0 aliphatic heterocycles. The maximum atomic E-state index is 11.2. The number of benzene rings is 1. The predicted molar refractivity (Wildman–Crippen MR) is 114 cm³/mol. The summed E-state index contributed by atoms with van der Waals surface area (Å²) in [7, 11) is 0. The molecule has 1 N–H and O–H groups in total. The second kappa shape index (κ2) is 8.82. The van der Waals surface area contributed by atoms with E-state index >= 15 is 0 Å². The first kappa shape index (κ1) is 21.1. The summed E-state index contributed by atoms with van der Waals surface area (Å²) in [4.78, 5) is 18.0. The molecule has 0 saturated heterocycles. The van der Waals surface area contributed by atoms with Crippen LogP contribution in [0.25, 0.3) is 11.1 Å². The molecule has 1 unspecified atom stereocenters. The summed E-state index contributed by atoms with van der Waals surface area (Å²) < 4.78 is 11.6. The Morgan fingerprint density at radius 3 is 2.76 bits per heavy atom. The lowest BCUT2D eigenvalue weighted by molar-refractivity contribution is -0.165. The lowest BCUT2D eigenvalue weighted by atomic mass is 10.00. The molecular weight excluding hydrogens is 368 g/mol. The number of hydrogen-bond donors (Lipinski definition) is 1. The van der Waals surface area contributed by atoms with Crippen LogP contribution in [0.1, 0.15) is 47.0 Å². The van der Waals surface area contributed by atoms with E-state index in [2.05, 4.69) is 29.8 Å². The number of ether oxygens (including phenoxy) is 1. The number of anilines is 1. The highest BCUT2D eigenvalue weighted by Crippen LogP contribution is 2.25. The molecule has 1 aliphatic carbocycles. The van der Waals surface area contributed by atoms with Gasteiger partial charge in [-0.15, -0.1) is 0 Å². The number of fused-ring (bicyclic) bond motifs is 1. The van der Waals surface area contributed by atoms with Crippen LogP contribution in [-0.4, -0.2) is 40.4 Å². The molecule has 0 fully saturated rings. The van der Waals surface area contributed by atoms with Crippen LogP contribution in [-0.2, 0) is 9.53 Å². The van der Waals surface area contributed by atoms with Crippen LogP contribution in [0.5, 0.6) is 0 Å². The summed E-state index contributed by atoms with van der Waals surface area (Å²) in [5.41, 5.74) is 1.75. The number of carboxylic acid groups (broad SMARTS) is 1. The van der Waals surface area contributed by atoms with Crippen molar-refractivity contribution in [3.05, 3.63) is 48.1 Å². The predicted octanol–water partition coefficient (Wildman–Crippen LogP) is 4.96. The van der Waals surface area contributed by atoms with E-state index in [1.807, 2.05) is 36.4 Å². The SMILES string of the molecule is CC(C)N(CCCC1=CCC(OC(C)(C)C(=O)O)C=C1)c1nc2ccccc2o1. The van der Waals surface area contributed by atoms with Crippen molar-refractivity contribution in [3.63, 3.8) is 0 Å². The molecule has 2 aromatic rings. The first-order valence-electron chi connectivity index (χ1n) is 10.2. The van der Waals surface area contributed by atoms with Gasteiger partial charge < -0.3 is 19.2 Å². The van der Waals surface area contributed by atoms with E-state index in [4.69, 9.17) is 9.15 Å². The molecule has 0 spiro atoms. The molecular formula is C23H30N2O4. The highest BCUT2D eigenvalue weighted by atomic mass is 16.5. The molecule has 1 atom stereocenters. The number of oxazole rings is 1. The van der Waals surface area contributed by atoms with Gasteiger partial charge in [-0.3, -0.25) is 0 Å². The Morgan fingerprint density at radius 2 is 2.14 bits per heavy atom. The summed E-state index contributed by atoms with van der Waals surface area (Å²) >= 11 is 0. The average Bonchev–Trinajstić information content (AvgIpc) is 3.09. The molecule has 0 saturated carbocycles. The third-order valence-electron chi connectivity index (χ3n) is 5.11. The zero-order chi connectivity index (χ0) is 21.0. The van der Waals surface area contributed by atoms with Crippen LogP contribution < -0.4 is 4.90 Å². The van der Waals surface area contributed by atoms with Gasteiger partial charge >= 0.3 is 5.97 Å². The molecule has 6 nitrogen and oxygen atoms in total. The molecule has 6 heteroatoms. The summed E-state index contributed by atoms with van der Waals surface area (Å²) in [6.45, 7) is 8.28. The van der Waals surface area contributed by atoms with Gasteiger partial charge in [0.1, 0.15) is 5.52 Å². The van der Waals surface area contributed by atoms with E-state index < -0.39 is 11.6 Å². The van der Waals surface area contributed by atoms with Crippen LogP contribution >= 0.6 is 0 Å². The van der Waals surface area contributed by atoms with Crippen LogP contribution in [0.3, 0.4) is 0 Å². The topological polar surface area (TPSA) is 75.8 Å².